The summed E-state index contributed by atoms with van der Waals surface area (Å²) in [5, 5.41) is 12.4. The molecule has 0 saturated heterocycles. The number of nitrogens with two attached hydrogens (primary N) is 1. The number of carbonyl (C=O) groups excluding carboxylic acids is 1. The van der Waals surface area contributed by atoms with Gasteiger partial charge in [-0.25, -0.2) is 0 Å². The fourth-order valence-corrected chi connectivity index (χ4v) is 2.51. The van der Waals surface area contributed by atoms with Crippen LogP contribution in [-0.4, -0.2) is 23.5 Å². The van der Waals surface area contributed by atoms with Crippen molar-refractivity contribution in [3.63, 3.8) is 0 Å². The van der Waals surface area contributed by atoms with Crippen LogP contribution in [0.1, 0.15) is 37.0 Å². The monoisotopic (exact) mass is 312 g/mol. The number of aliphatic carboxylic acids is 1. The van der Waals surface area contributed by atoms with Crippen molar-refractivity contribution in [2.45, 2.75) is 26.7 Å². The van der Waals surface area contributed by atoms with Crippen molar-refractivity contribution in [3.8, 4) is 0 Å². The first kappa shape index (κ1) is 17.3. The molecule has 0 heterocycles. The number of carboxylic acid groups (broad SMARTS) is 1. The predicted molar refractivity (Wildman–Crippen MR) is 83.7 cm³/mol. The number of carbonyl (C=O) groups is 2. The average Bonchev–Trinajstić information content (AvgIpc) is 2.34. The normalized spacial score (nSPS) is 12.2. The van der Waals surface area contributed by atoms with Crippen molar-refractivity contribution in [1.82, 2.24) is 0 Å². The van der Waals surface area contributed by atoms with Crippen LogP contribution < -0.4 is 11.1 Å². The van der Waals surface area contributed by atoms with E-state index in [1.807, 2.05) is 0 Å². The van der Waals surface area contributed by atoms with Gasteiger partial charge in [0.25, 0.3) is 0 Å². The van der Waals surface area contributed by atoms with Crippen LogP contribution in [0.15, 0.2) is 18.2 Å². The van der Waals surface area contributed by atoms with Gasteiger partial charge in [-0.2, -0.15) is 0 Å². The summed E-state index contributed by atoms with van der Waals surface area (Å²) in [4.78, 5) is 22.0. The van der Waals surface area contributed by atoms with Crippen molar-refractivity contribution >= 4 is 29.2 Å². The van der Waals surface area contributed by atoms with E-state index in [1.54, 1.807) is 18.2 Å². The largest absolute Gasteiger partial charge is 0.481 e. The summed E-state index contributed by atoms with van der Waals surface area (Å²) in [7, 11) is 0. The average molecular weight is 313 g/mol. The standard InChI is InChI=1S/C15H21ClN2O3/c1-9(2)5-10(6-14(19)20)8-18-11-3-4-12(15(17)21)13(16)7-11/h3-4,7,9-10,18H,5-6,8H2,1-2H3,(H2,17,21)(H,19,20). The lowest BCUT2D eigenvalue weighted by Gasteiger charge is -2.18. The molecule has 6 heteroatoms. The summed E-state index contributed by atoms with van der Waals surface area (Å²) in [5.74, 6) is -0.909. The van der Waals surface area contributed by atoms with E-state index in [4.69, 9.17) is 22.4 Å². The first-order chi connectivity index (χ1) is 9.79. The molecule has 21 heavy (non-hydrogen) atoms. The molecule has 0 spiro atoms. The highest BCUT2D eigenvalue weighted by atomic mass is 35.5. The molecule has 4 N–H and O–H groups in total. The van der Waals surface area contributed by atoms with Gasteiger partial charge in [0.05, 0.1) is 10.6 Å². The molecule has 0 bridgehead atoms. The maximum Gasteiger partial charge on any atom is 0.303 e. The van der Waals surface area contributed by atoms with Crippen LogP contribution in [0.4, 0.5) is 5.69 Å². The van der Waals surface area contributed by atoms with E-state index in [2.05, 4.69) is 19.2 Å². The second kappa shape index (κ2) is 7.88. The number of carboxylic acids is 1. The Morgan fingerprint density at radius 3 is 2.52 bits per heavy atom. The molecular weight excluding hydrogens is 292 g/mol. The van der Waals surface area contributed by atoms with Gasteiger partial charge in [0.2, 0.25) is 5.91 Å². The zero-order valence-corrected chi connectivity index (χ0v) is 13.0. The van der Waals surface area contributed by atoms with Gasteiger partial charge in [0.15, 0.2) is 0 Å². The Morgan fingerprint density at radius 1 is 1.38 bits per heavy atom. The quantitative estimate of drug-likeness (QED) is 0.688. The van der Waals surface area contributed by atoms with Crippen LogP contribution in [0.3, 0.4) is 0 Å². The molecule has 0 aliphatic heterocycles. The summed E-state index contributed by atoms with van der Waals surface area (Å²) in [6, 6.07) is 4.88. The summed E-state index contributed by atoms with van der Waals surface area (Å²) in [5.41, 5.74) is 6.20. The third-order valence-corrected chi connectivity index (χ3v) is 3.41. The Bertz CT molecular complexity index is 518. The minimum absolute atomic E-state index is 0.0390. The number of nitrogens with one attached hydrogen (secondary N) is 1. The number of primary amides is 1. The zero-order chi connectivity index (χ0) is 16.0. The smallest absolute Gasteiger partial charge is 0.303 e. The van der Waals surface area contributed by atoms with E-state index < -0.39 is 11.9 Å². The Labute approximate surface area is 129 Å². The van der Waals surface area contributed by atoms with Gasteiger partial charge >= 0.3 is 5.97 Å². The van der Waals surface area contributed by atoms with Crippen LogP contribution in [0.5, 0.6) is 0 Å². The van der Waals surface area contributed by atoms with Crippen molar-refractivity contribution in [3.05, 3.63) is 28.8 Å². The third-order valence-electron chi connectivity index (χ3n) is 3.10. The summed E-state index contributed by atoms with van der Waals surface area (Å²) >= 11 is 5.97. The molecule has 0 aliphatic rings. The molecule has 1 rings (SSSR count). The Kier molecular flexibility index (Phi) is 6.49. The van der Waals surface area contributed by atoms with Crippen LogP contribution in [0, 0.1) is 11.8 Å². The summed E-state index contributed by atoms with van der Waals surface area (Å²) in [6.07, 6.45) is 0.949. The van der Waals surface area contributed by atoms with Gasteiger partial charge in [-0.3, -0.25) is 9.59 Å². The van der Waals surface area contributed by atoms with Crippen molar-refractivity contribution in [1.29, 1.82) is 0 Å². The van der Waals surface area contributed by atoms with Crippen molar-refractivity contribution < 1.29 is 14.7 Å². The second-order valence-electron chi connectivity index (χ2n) is 5.53. The lowest BCUT2D eigenvalue weighted by Crippen LogP contribution is -2.20. The van der Waals surface area contributed by atoms with Gasteiger partial charge in [-0.05, 0) is 36.5 Å². The van der Waals surface area contributed by atoms with Crippen LogP contribution in [0.25, 0.3) is 0 Å². The van der Waals surface area contributed by atoms with E-state index in [0.717, 1.165) is 12.1 Å². The first-order valence-corrected chi connectivity index (χ1v) is 7.22. The number of halogens is 1. The molecule has 1 aromatic carbocycles. The number of benzene rings is 1. The molecule has 0 fully saturated rings. The van der Waals surface area contributed by atoms with Gasteiger partial charge in [0, 0.05) is 18.7 Å². The van der Waals surface area contributed by atoms with E-state index in [0.29, 0.717) is 12.5 Å². The maximum atomic E-state index is 11.1. The Hall–Kier alpha value is -1.75. The van der Waals surface area contributed by atoms with E-state index in [1.165, 1.54) is 0 Å². The van der Waals surface area contributed by atoms with E-state index >= 15 is 0 Å². The number of amides is 1. The highest BCUT2D eigenvalue weighted by molar-refractivity contribution is 6.34. The van der Waals surface area contributed by atoms with Crippen molar-refractivity contribution in [2.75, 3.05) is 11.9 Å². The minimum atomic E-state index is -0.801. The lowest BCUT2D eigenvalue weighted by molar-refractivity contribution is -0.138. The van der Waals surface area contributed by atoms with Crippen LogP contribution >= 0.6 is 11.6 Å². The van der Waals surface area contributed by atoms with Gasteiger partial charge in [-0.15, -0.1) is 0 Å². The number of anilines is 1. The number of rotatable bonds is 8. The van der Waals surface area contributed by atoms with E-state index in [9.17, 15) is 9.59 Å². The lowest BCUT2D eigenvalue weighted by atomic mass is 9.94. The molecule has 1 aromatic rings. The maximum absolute atomic E-state index is 11.1. The molecule has 1 amide bonds. The Morgan fingerprint density at radius 2 is 2.05 bits per heavy atom. The van der Waals surface area contributed by atoms with Crippen LogP contribution in [-0.2, 0) is 4.79 Å². The van der Waals surface area contributed by atoms with Gasteiger partial charge < -0.3 is 16.2 Å². The first-order valence-electron chi connectivity index (χ1n) is 6.84. The molecule has 0 aromatic heterocycles. The summed E-state index contributed by atoms with van der Waals surface area (Å²) in [6.45, 7) is 4.66. The molecule has 5 nitrogen and oxygen atoms in total. The van der Waals surface area contributed by atoms with Crippen molar-refractivity contribution in [2.24, 2.45) is 17.6 Å². The van der Waals surface area contributed by atoms with Crippen LogP contribution in [0.2, 0.25) is 5.02 Å². The molecule has 0 radical (unpaired) electrons. The topological polar surface area (TPSA) is 92.4 Å². The fourth-order valence-electron chi connectivity index (χ4n) is 2.24. The molecule has 1 atom stereocenters. The van der Waals surface area contributed by atoms with Gasteiger partial charge in [-0.1, -0.05) is 25.4 Å². The molecule has 0 saturated carbocycles. The summed E-state index contributed by atoms with van der Waals surface area (Å²) < 4.78 is 0. The molecule has 0 aliphatic carbocycles. The zero-order valence-electron chi connectivity index (χ0n) is 12.2. The molecule has 116 valence electrons. The molecule has 1 unspecified atom stereocenters. The third kappa shape index (κ3) is 6.04. The Balaban J connectivity index is 2.69. The number of hydrogen-bond donors (Lipinski definition) is 3. The SMILES string of the molecule is CC(C)CC(CNc1ccc(C(N)=O)c(Cl)c1)CC(=O)O. The van der Waals surface area contributed by atoms with Gasteiger partial charge in [0.1, 0.15) is 0 Å². The minimum Gasteiger partial charge on any atom is -0.481 e. The molecular formula is C15H21ClN2O3. The predicted octanol–water partition coefficient (Wildman–Crippen LogP) is 2.99. The fraction of sp³-hybridized carbons (Fsp3) is 0.467. The number of hydrogen-bond acceptors (Lipinski definition) is 3. The second-order valence-corrected chi connectivity index (χ2v) is 5.94. The highest BCUT2D eigenvalue weighted by Crippen LogP contribution is 2.22. The van der Waals surface area contributed by atoms with E-state index in [-0.39, 0.29) is 22.9 Å². The highest BCUT2D eigenvalue weighted by Gasteiger charge is 2.15.